The number of halogens is 2. The summed E-state index contributed by atoms with van der Waals surface area (Å²) < 4.78 is 47.5. The van der Waals surface area contributed by atoms with Crippen LogP contribution in [0.3, 0.4) is 0 Å². The Morgan fingerprint density at radius 3 is 2.00 bits per heavy atom. The van der Waals surface area contributed by atoms with Gasteiger partial charge in [-0.15, -0.1) is 0 Å². The molecule has 84 valence electrons. The van der Waals surface area contributed by atoms with Gasteiger partial charge >= 0.3 is 0 Å². The molecule has 3 nitrogen and oxygen atoms in total. The third kappa shape index (κ3) is 3.49. The number of hydrogen-bond donors (Lipinski definition) is 1. The first-order valence-electron chi connectivity index (χ1n) is 4.46. The lowest BCUT2D eigenvalue weighted by Crippen LogP contribution is -2.50. The van der Waals surface area contributed by atoms with Gasteiger partial charge < -0.3 is 5.73 Å². The van der Waals surface area contributed by atoms with Crippen molar-refractivity contribution in [3.63, 3.8) is 0 Å². The fourth-order valence-electron chi connectivity index (χ4n) is 1.78. The van der Waals surface area contributed by atoms with Crippen molar-refractivity contribution < 1.29 is 17.2 Å². The van der Waals surface area contributed by atoms with E-state index in [-0.39, 0.29) is 31.4 Å². The molecule has 0 unspecified atom stereocenters. The molecule has 1 rings (SSSR count). The van der Waals surface area contributed by atoms with Crippen LogP contribution in [0, 0.1) is 0 Å². The lowest BCUT2D eigenvalue weighted by Gasteiger charge is -2.36. The smallest absolute Gasteiger partial charge is 0.248 e. The van der Waals surface area contributed by atoms with E-state index >= 15 is 0 Å². The minimum atomic E-state index is -3.19. The van der Waals surface area contributed by atoms with Gasteiger partial charge in [0.15, 0.2) is 0 Å². The number of hydrogen-bond acceptors (Lipinski definition) is 3. The van der Waals surface area contributed by atoms with Crippen LogP contribution in [-0.4, -0.2) is 31.9 Å². The second kappa shape index (κ2) is 3.41. The van der Waals surface area contributed by atoms with Crippen molar-refractivity contribution in [2.75, 3.05) is 12.0 Å². The summed E-state index contributed by atoms with van der Waals surface area (Å²) in [4.78, 5) is 0. The zero-order valence-corrected chi connectivity index (χ0v) is 8.91. The maximum absolute atomic E-state index is 12.8. The summed E-state index contributed by atoms with van der Waals surface area (Å²) in [5.41, 5.74) is 4.80. The average Bonchev–Trinajstić information content (AvgIpc) is 1.93. The molecule has 0 aromatic carbocycles. The van der Waals surface area contributed by atoms with E-state index in [9.17, 15) is 17.2 Å². The van der Waals surface area contributed by atoms with Crippen LogP contribution < -0.4 is 5.73 Å². The molecular formula is C8H15F2NO2S. The van der Waals surface area contributed by atoms with Crippen LogP contribution in [-0.2, 0) is 9.84 Å². The first kappa shape index (κ1) is 11.8. The second-order valence-electron chi connectivity index (χ2n) is 4.29. The van der Waals surface area contributed by atoms with Gasteiger partial charge in [0, 0.05) is 24.6 Å². The van der Waals surface area contributed by atoms with Gasteiger partial charge in [0.25, 0.3) is 0 Å². The van der Waals surface area contributed by atoms with E-state index in [1.54, 1.807) is 0 Å². The molecule has 0 amide bonds. The Morgan fingerprint density at radius 1 is 1.21 bits per heavy atom. The van der Waals surface area contributed by atoms with Crippen molar-refractivity contribution in [1.82, 2.24) is 0 Å². The summed E-state index contributed by atoms with van der Waals surface area (Å²) in [6, 6.07) is 0. The molecule has 0 aromatic rings. The number of sulfone groups is 1. The standard InChI is InChI=1S/C8H15F2NO2S/c1-14(12,13)6-7(11)2-4-8(9,10)5-3-7/h2-6,11H2,1H3. The van der Waals surface area contributed by atoms with E-state index < -0.39 is 21.3 Å². The van der Waals surface area contributed by atoms with Gasteiger partial charge in [-0.3, -0.25) is 0 Å². The van der Waals surface area contributed by atoms with Gasteiger partial charge in [-0.05, 0) is 12.8 Å². The molecule has 1 fully saturated rings. The molecule has 0 atom stereocenters. The minimum Gasteiger partial charge on any atom is -0.324 e. The summed E-state index contributed by atoms with van der Waals surface area (Å²) in [5, 5.41) is 0. The molecule has 0 spiro atoms. The Labute approximate surface area is 82.6 Å². The van der Waals surface area contributed by atoms with Crippen molar-refractivity contribution >= 4 is 9.84 Å². The van der Waals surface area contributed by atoms with Crippen LogP contribution in [0.4, 0.5) is 8.78 Å². The Morgan fingerprint density at radius 2 is 1.64 bits per heavy atom. The Kier molecular flexibility index (Phi) is 2.89. The van der Waals surface area contributed by atoms with Crippen LogP contribution in [0.2, 0.25) is 0 Å². The number of rotatable bonds is 2. The molecule has 6 heteroatoms. The van der Waals surface area contributed by atoms with E-state index in [4.69, 9.17) is 5.73 Å². The van der Waals surface area contributed by atoms with Crippen molar-refractivity contribution in [3.8, 4) is 0 Å². The van der Waals surface area contributed by atoms with Gasteiger partial charge in [0.05, 0.1) is 5.75 Å². The normalized spacial score (nSPS) is 26.0. The lowest BCUT2D eigenvalue weighted by molar-refractivity contribution is -0.0479. The third-order valence-electron chi connectivity index (χ3n) is 2.53. The van der Waals surface area contributed by atoms with Crippen molar-refractivity contribution in [2.45, 2.75) is 37.1 Å². The maximum atomic E-state index is 12.8. The largest absolute Gasteiger partial charge is 0.324 e. The average molecular weight is 227 g/mol. The Bertz CT molecular complexity index is 303. The highest BCUT2D eigenvalue weighted by Gasteiger charge is 2.42. The number of alkyl halides is 2. The molecule has 14 heavy (non-hydrogen) atoms. The van der Waals surface area contributed by atoms with Crippen LogP contribution in [0.15, 0.2) is 0 Å². The van der Waals surface area contributed by atoms with Gasteiger partial charge in [0.1, 0.15) is 9.84 Å². The van der Waals surface area contributed by atoms with Gasteiger partial charge in [-0.2, -0.15) is 0 Å². The maximum Gasteiger partial charge on any atom is 0.248 e. The topological polar surface area (TPSA) is 60.2 Å². The first-order chi connectivity index (χ1) is 6.12. The van der Waals surface area contributed by atoms with E-state index in [2.05, 4.69) is 0 Å². The molecule has 0 aromatic heterocycles. The third-order valence-corrected chi connectivity index (χ3v) is 3.63. The lowest BCUT2D eigenvalue weighted by atomic mass is 9.82. The van der Waals surface area contributed by atoms with Crippen LogP contribution in [0.5, 0.6) is 0 Å². The summed E-state index contributed by atoms with van der Waals surface area (Å²) in [7, 11) is -3.19. The predicted molar refractivity (Wildman–Crippen MR) is 50.0 cm³/mol. The SMILES string of the molecule is CS(=O)(=O)CC1(N)CCC(F)(F)CC1. The van der Waals surface area contributed by atoms with Gasteiger partial charge in [0.2, 0.25) is 5.92 Å². The number of nitrogens with two attached hydrogens (primary N) is 1. The van der Waals surface area contributed by atoms with Gasteiger partial charge in [-0.1, -0.05) is 0 Å². The summed E-state index contributed by atoms with van der Waals surface area (Å²) in [6.07, 6.45) is 0.618. The molecule has 1 aliphatic rings. The molecule has 0 radical (unpaired) electrons. The molecule has 0 bridgehead atoms. The molecule has 1 saturated carbocycles. The fraction of sp³-hybridized carbons (Fsp3) is 1.00. The van der Waals surface area contributed by atoms with Crippen molar-refractivity contribution in [3.05, 3.63) is 0 Å². The molecule has 0 heterocycles. The summed E-state index contributed by atoms with van der Waals surface area (Å²) in [6.45, 7) is 0. The van der Waals surface area contributed by atoms with Gasteiger partial charge in [-0.25, -0.2) is 17.2 Å². The van der Waals surface area contributed by atoms with Crippen molar-refractivity contribution in [2.24, 2.45) is 5.73 Å². The zero-order valence-electron chi connectivity index (χ0n) is 8.09. The second-order valence-corrected chi connectivity index (χ2v) is 6.43. The fourth-order valence-corrected chi connectivity index (χ4v) is 3.11. The van der Waals surface area contributed by atoms with E-state index in [1.165, 1.54) is 0 Å². The van der Waals surface area contributed by atoms with Crippen molar-refractivity contribution in [1.29, 1.82) is 0 Å². The zero-order chi connectivity index (χ0) is 11.0. The van der Waals surface area contributed by atoms with Crippen LogP contribution in [0.25, 0.3) is 0 Å². The molecule has 1 aliphatic carbocycles. The quantitative estimate of drug-likeness (QED) is 0.763. The highest BCUT2D eigenvalue weighted by molar-refractivity contribution is 7.90. The summed E-state index contributed by atoms with van der Waals surface area (Å²) >= 11 is 0. The van der Waals surface area contributed by atoms with E-state index in [0.29, 0.717) is 0 Å². The molecular weight excluding hydrogens is 212 g/mol. The molecule has 2 N–H and O–H groups in total. The summed E-state index contributed by atoms with van der Waals surface area (Å²) in [5.74, 6) is -2.86. The Balaban J connectivity index is 2.63. The highest BCUT2D eigenvalue weighted by atomic mass is 32.2. The van der Waals surface area contributed by atoms with Crippen LogP contribution in [0.1, 0.15) is 25.7 Å². The highest BCUT2D eigenvalue weighted by Crippen LogP contribution is 2.37. The van der Waals surface area contributed by atoms with E-state index in [0.717, 1.165) is 6.26 Å². The Hall–Kier alpha value is -0.230. The van der Waals surface area contributed by atoms with E-state index in [1.807, 2.05) is 0 Å². The monoisotopic (exact) mass is 227 g/mol. The molecule has 0 aliphatic heterocycles. The first-order valence-corrected chi connectivity index (χ1v) is 6.53. The predicted octanol–water partition coefficient (Wildman–Crippen LogP) is 0.938. The minimum absolute atomic E-state index is 0.0765. The molecule has 0 saturated heterocycles. The van der Waals surface area contributed by atoms with Crippen LogP contribution >= 0.6 is 0 Å².